The van der Waals surface area contributed by atoms with Gasteiger partial charge in [-0.2, -0.15) is 5.26 Å². The van der Waals surface area contributed by atoms with Crippen molar-refractivity contribution >= 4 is 50.4 Å². The highest BCUT2D eigenvalue weighted by Gasteiger charge is 2.28. The van der Waals surface area contributed by atoms with Gasteiger partial charge in [0.1, 0.15) is 17.4 Å². The summed E-state index contributed by atoms with van der Waals surface area (Å²) in [6.45, 7) is 1.54. The maximum atomic E-state index is 13.5. The number of nitrogens with zero attached hydrogens (tertiary/aromatic N) is 2. The lowest BCUT2D eigenvalue weighted by atomic mass is 10.0. The number of halogens is 2. The summed E-state index contributed by atoms with van der Waals surface area (Å²) < 4.78 is 6.92. The predicted octanol–water partition coefficient (Wildman–Crippen LogP) is 5.74. The van der Waals surface area contributed by atoms with Crippen LogP contribution in [0.5, 0.6) is 11.6 Å². The third-order valence-corrected chi connectivity index (χ3v) is 7.50. The minimum absolute atomic E-state index is 0.0714. The molecule has 4 aromatic rings. The maximum Gasteiger partial charge on any atom is 0.271 e. The Labute approximate surface area is 209 Å². The van der Waals surface area contributed by atoms with Crippen LogP contribution in [0.2, 0.25) is 10.0 Å². The summed E-state index contributed by atoms with van der Waals surface area (Å²) in [5, 5.41) is 22.0. The van der Waals surface area contributed by atoms with Gasteiger partial charge in [0, 0.05) is 21.7 Å². The van der Waals surface area contributed by atoms with E-state index >= 15 is 0 Å². The van der Waals surface area contributed by atoms with Gasteiger partial charge in [-0.25, -0.2) is 0 Å². The van der Waals surface area contributed by atoms with Crippen molar-refractivity contribution in [2.75, 3.05) is 7.11 Å². The quantitative estimate of drug-likeness (QED) is 0.332. The van der Waals surface area contributed by atoms with Gasteiger partial charge < -0.3 is 9.84 Å². The number of hydrogen-bond acceptors (Lipinski definition) is 6. The molecule has 172 valence electrons. The second kappa shape index (κ2) is 9.51. The predicted molar refractivity (Wildman–Crippen MR) is 134 cm³/mol. The first-order chi connectivity index (χ1) is 16.3. The topological polar surface area (TPSA) is 92.3 Å². The number of ether oxygens (including phenoxy) is 1. The molecule has 0 fully saturated rings. The van der Waals surface area contributed by atoms with Crippen LogP contribution < -0.4 is 10.3 Å². The maximum absolute atomic E-state index is 13.5. The van der Waals surface area contributed by atoms with E-state index < -0.39 is 17.2 Å². The van der Waals surface area contributed by atoms with Crippen molar-refractivity contribution in [3.05, 3.63) is 90.0 Å². The van der Waals surface area contributed by atoms with E-state index in [1.165, 1.54) is 6.92 Å². The van der Waals surface area contributed by atoms with E-state index in [1.807, 2.05) is 18.2 Å². The molecule has 1 N–H and O–H groups in total. The Bertz CT molecular complexity index is 1530. The van der Waals surface area contributed by atoms with Gasteiger partial charge in [-0.1, -0.05) is 41.4 Å². The summed E-state index contributed by atoms with van der Waals surface area (Å²) in [5.74, 6) is -0.362. The number of hydrogen-bond donors (Lipinski definition) is 1. The molecule has 2 aromatic carbocycles. The molecule has 0 unspecified atom stereocenters. The number of ketones is 1. The lowest BCUT2D eigenvalue weighted by molar-refractivity contribution is 0.103. The molecule has 0 saturated carbocycles. The van der Waals surface area contributed by atoms with Gasteiger partial charge in [-0.05, 0) is 48.7 Å². The van der Waals surface area contributed by atoms with E-state index in [0.717, 1.165) is 21.5 Å². The number of aromatic hydroxyl groups is 1. The summed E-state index contributed by atoms with van der Waals surface area (Å²) in [5.41, 5.74) is 0.0316. The molecule has 0 saturated heterocycles. The number of carbonyl (C=O) groups is 1. The summed E-state index contributed by atoms with van der Waals surface area (Å²) in [4.78, 5) is 26.7. The van der Waals surface area contributed by atoms with Gasteiger partial charge >= 0.3 is 0 Å². The number of fused-ring (bicyclic) bond motifs is 1. The lowest BCUT2D eigenvalue weighted by Crippen LogP contribution is -2.27. The molecular weight excluding hydrogens is 495 g/mol. The number of carbonyl (C=O) groups excluding carboxylic acids is 1. The van der Waals surface area contributed by atoms with Gasteiger partial charge in [0.05, 0.1) is 22.6 Å². The standard InChI is InChI=1S/C25H18Cl2N2O4S/c1-13-18(12-28)24(31)29(10-9-14-3-6-16(33-2)7-4-14)25(32)20(13)22(30)23-21(27)17-8-5-15(26)11-19(17)34-23/h3-8,11,32H,9-10H2,1-2H3. The van der Waals surface area contributed by atoms with Gasteiger partial charge in [0.25, 0.3) is 5.56 Å². The molecule has 0 atom stereocenters. The smallest absolute Gasteiger partial charge is 0.271 e. The highest BCUT2D eigenvalue weighted by Crippen LogP contribution is 2.39. The molecule has 4 rings (SSSR count). The molecular formula is C25H18Cl2N2O4S. The largest absolute Gasteiger partial charge is 0.497 e. The first-order valence-corrected chi connectivity index (χ1v) is 11.8. The Morgan fingerprint density at radius 1 is 1.21 bits per heavy atom. The van der Waals surface area contributed by atoms with Crippen LogP contribution in [0.4, 0.5) is 0 Å². The minimum atomic E-state index is -0.656. The number of benzene rings is 2. The molecule has 2 heterocycles. The van der Waals surface area contributed by atoms with Crippen molar-refractivity contribution in [3.63, 3.8) is 0 Å². The van der Waals surface area contributed by atoms with Gasteiger partial charge in [-0.15, -0.1) is 11.3 Å². The summed E-state index contributed by atoms with van der Waals surface area (Å²) in [7, 11) is 1.57. The van der Waals surface area contributed by atoms with Crippen LogP contribution in [0.25, 0.3) is 10.1 Å². The molecule has 0 spiro atoms. The van der Waals surface area contributed by atoms with Crippen molar-refractivity contribution in [2.24, 2.45) is 0 Å². The molecule has 0 radical (unpaired) electrons. The van der Waals surface area contributed by atoms with Crippen molar-refractivity contribution in [1.29, 1.82) is 5.26 Å². The fraction of sp³-hybridized carbons (Fsp3) is 0.160. The molecule has 9 heteroatoms. The van der Waals surface area contributed by atoms with Crippen LogP contribution in [0.3, 0.4) is 0 Å². The molecule has 0 aliphatic carbocycles. The lowest BCUT2D eigenvalue weighted by Gasteiger charge is -2.15. The third kappa shape index (κ3) is 4.16. The zero-order chi connectivity index (χ0) is 24.6. The monoisotopic (exact) mass is 512 g/mol. The van der Waals surface area contributed by atoms with E-state index in [1.54, 1.807) is 37.4 Å². The first kappa shape index (κ1) is 23.8. The Kier molecular flexibility index (Phi) is 6.67. The van der Waals surface area contributed by atoms with E-state index in [-0.39, 0.29) is 33.1 Å². The van der Waals surface area contributed by atoms with Crippen LogP contribution >= 0.6 is 34.5 Å². The Hall–Kier alpha value is -3.31. The zero-order valence-corrected chi connectivity index (χ0v) is 20.5. The second-order valence-corrected chi connectivity index (χ2v) is 9.45. The SMILES string of the molecule is COc1ccc(CCn2c(O)c(C(=O)c3sc4cc(Cl)ccc4c3Cl)c(C)c(C#N)c2=O)cc1. The van der Waals surface area contributed by atoms with Gasteiger partial charge in [0.2, 0.25) is 11.7 Å². The second-order valence-electron chi connectivity index (χ2n) is 7.58. The average Bonchev–Trinajstić information content (AvgIpc) is 3.15. The van der Waals surface area contributed by atoms with E-state index in [0.29, 0.717) is 27.3 Å². The fourth-order valence-corrected chi connectivity index (χ4v) is 5.50. The highest BCUT2D eigenvalue weighted by atomic mass is 35.5. The Balaban J connectivity index is 1.80. The van der Waals surface area contributed by atoms with Crippen LogP contribution in [-0.2, 0) is 13.0 Å². The molecule has 6 nitrogen and oxygen atoms in total. The van der Waals surface area contributed by atoms with Gasteiger partial charge in [-0.3, -0.25) is 14.2 Å². The molecule has 0 aliphatic rings. The van der Waals surface area contributed by atoms with Crippen LogP contribution in [0, 0.1) is 18.3 Å². The summed E-state index contributed by atoms with van der Waals surface area (Å²) in [6, 6.07) is 14.2. The summed E-state index contributed by atoms with van der Waals surface area (Å²) in [6.07, 6.45) is 0.390. The molecule has 0 aliphatic heterocycles. The first-order valence-electron chi connectivity index (χ1n) is 10.2. The average molecular weight is 513 g/mol. The number of rotatable bonds is 6. The number of methoxy groups -OCH3 is 1. The molecule has 2 aromatic heterocycles. The van der Waals surface area contributed by atoms with Crippen molar-refractivity contribution in [1.82, 2.24) is 4.57 Å². The van der Waals surface area contributed by atoms with Crippen molar-refractivity contribution in [2.45, 2.75) is 19.9 Å². The number of aryl methyl sites for hydroxylation is 1. The minimum Gasteiger partial charge on any atom is -0.497 e. The van der Waals surface area contributed by atoms with Crippen molar-refractivity contribution in [3.8, 4) is 17.7 Å². The fourth-order valence-electron chi connectivity index (χ4n) is 3.76. The highest BCUT2D eigenvalue weighted by molar-refractivity contribution is 7.21. The molecule has 0 amide bonds. The number of nitriles is 1. The number of thiophene rings is 1. The molecule has 34 heavy (non-hydrogen) atoms. The normalized spacial score (nSPS) is 10.9. The Morgan fingerprint density at radius 3 is 2.56 bits per heavy atom. The van der Waals surface area contributed by atoms with Crippen molar-refractivity contribution < 1.29 is 14.6 Å². The van der Waals surface area contributed by atoms with E-state index in [4.69, 9.17) is 27.9 Å². The third-order valence-electron chi connectivity index (χ3n) is 5.61. The van der Waals surface area contributed by atoms with E-state index in [9.17, 15) is 20.0 Å². The van der Waals surface area contributed by atoms with Gasteiger partial charge in [0.15, 0.2) is 0 Å². The molecule has 0 bridgehead atoms. The van der Waals surface area contributed by atoms with Crippen LogP contribution in [0.15, 0.2) is 47.3 Å². The summed E-state index contributed by atoms with van der Waals surface area (Å²) >= 11 is 13.7. The Morgan fingerprint density at radius 2 is 1.91 bits per heavy atom. The number of pyridine rings is 1. The van der Waals surface area contributed by atoms with Crippen LogP contribution in [-0.4, -0.2) is 22.6 Å². The number of aromatic nitrogens is 1. The van der Waals surface area contributed by atoms with E-state index in [2.05, 4.69) is 0 Å². The zero-order valence-electron chi connectivity index (χ0n) is 18.2. The van der Waals surface area contributed by atoms with Crippen LogP contribution in [0.1, 0.15) is 31.9 Å².